The van der Waals surface area contributed by atoms with Crippen molar-refractivity contribution in [1.29, 1.82) is 5.26 Å². The minimum absolute atomic E-state index is 0.0145. The van der Waals surface area contributed by atoms with Crippen LogP contribution in [0.2, 0.25) is 0 Å². The van der Waals surface area contributed by atoms with Crippen molar-refractivity contribution in [2.24, 2.45) is 0 Å². The smallest absolute Gasteiger partial charge is 0.232 e. The number of fused-ring (bicyclic) bond motifs is 1. The maximum atomic E-state index is 11.5. The third-order valence-electron chi connectivity index (χ3n) is 2.29. The van der Waals surface area contributed by atoms with Gasteiger partial charge in [-0.3, -0.25) is 9.59 Å². The van der Waals surface area contributed by atoms with E-state index in [9.17, 15) is 19.8 Å². The Hall–Kier alpha value is -2.61. The molecule has 2 N–H and O–H groups in total. The lowest BCUT2D eigenvalue weighted by molar-refractivity contribution is 0.0881. The van der Waals surface area contributed by atoms with Crippen LogP contribution in [0.3, 0.4) is 0 Å². The number of allylic oxidation sites excluding steroid dienone is 2. The first-order valence-electron chi connectivity index (χ1n) is 4.32. The van der Waals surface area contributed by atoms with Gasteiger partial charge in [-0.05, 0) is 18.2 Å². The predicted molar refractivity (Wildman–Crippen MR) is 52.1 cm³/mol. The van der Waals surface area contributed by atoms with Crippen molar-refractivity contribution in [3.05, 3.63) is 46.4 Å². The van der Waals surface area contributed by atoms with Crippen LogP contribution in [0.25, 0.3) is 0 Å². The Balaban J connectivity index is 2.73. The molecule has 78 valence electrons. The molecule has 1 aromatic carbocycles. The summed E-state index contributed by atoms with van der Waals surface area (Å²) in [6, 6.07) is 5.66. The number of Topliss-reactive ketones (excluding diaryl/α,β-unsaturated/α-hetero) is 2. The molecule has 1 aliphatic carbocycles. The molecule has 0 radical (unpaired) electrons. The van der Waals surface area contributed by atoms with Gasteiger partial charge in [0.15, 0.2) is 0 Å². The van der Waals surface area contributed by atoms with Gasteiger partial charge < -0.3 is 10.2 Å². The molecule has 0 amide bonds. The van der Waals surface area contributed by atoms with Crippen molar-refractivity contribution < 1.29 is 19.8 Å². The molecule has 0 saturated carbocycles. The summed E-state index contributed by atoms with van der Waals surface area (Å²) in [5.41, 5.74) is 0.118. The van der Waals surface area contributed by atoms with E-state index in [1.54, 1.807) is 0 Å². The van der Waals surface area contributed by atoms with Crippen molar-refractivity contribution in [3.8, 4) is 6.07 Å². The Labute approximate surface area is 89.9 Å². The zero-order chi connectivity index (χ0) is 11.9. The Morgan fingerprint density at radius 2 is 1.56 bits per heavy atom. The van der Waals surface area contributed by atoms with Gasteiger partial charge in [-0.25, -0.2) is 0 Å². The molecule has 2 rings (SSSR count). The van der Waals surface area contributed by atoms with Gasteiger partial charge in [0.25, 0.3) is 0 Å². The summed E-state index contributed by atoms with van der Waals surface area (Å²) < 4.78 is 0. The summed E-state index contributed by atoms with van der Waals surface area (Å²) in [7, 11) is 0. The summed E-state index contributed by atoms with van der Waals surface area (Å²) in [5, 5.41) is 27.0. The molecule has 16 heavy (non-hydrogen) atoms. The fourth-order valence-electron chi connectivity index (χ4n) is 1.47. The molecular formula is C11H5NO4. The van der Waals surface area contributed by atoms with E-state index in [1.807, 2.05) is 6.07 Å². The highest BCUT2D eigenvalue weighted by Gasteiger charge is 2.32. The maximum absolute atomic E-state index is 11.5. The molecule has 0 aromatic heterocycles. The molecule has 0 fully saturated rings. The molecule has 0 unspecified atom stereocenters. The summed E-state index contributed by atoms with van der Waals surface area (Å²) >= 11 is 0. The topological polar surface area (TPSA) is 98.4 Å². The first kappa shape index (κ1) is 9.93. The van der Waals surface area contributed by atoms with E-state index in [0.29, 0.717) is 0 Å². The summed E-state index contributed by atoms with van der Waals surface area (Å²) in [5.74, 6) is -3.62. The fourth-order valence-corrected chi connectivity index (χ4v) is 1.47. The van der Waals surface area contributed by atoms with E-state index in [2.05, 4.69) is 0 Å². The summed E-state index contributed by atoms with van der Waals surface area (Å²) in [6.07, 6.45) is 0. The first-order chi connectivity index (χ1) is 7.56. The molecule has 0 spiro atoms. The van der Waals surface area contributed by atoms with Gasteiger partial charge in [-0.15, -0.1) is 0 Å². The third-order valence-corrected chi connectivity index (χ3v) is 2.29. The average Bonchev–Trinajstić information content (AvgIpc) is 2.33. The van der Waals surface area contributed by atoms with E-state index in [4.69, 9.17) is 5.26 Å². The van der Waals surface area contributed by atoms with Crippen LogP contribution >= 0.6 is 0 Å². The number of carbonyl (C=O) groups is 2. The van der Waals surface area contributed by atoms with Crippen LogP contribution in [0.15, 0.2) is 29.7 Å². The Morgan fingerprint density at radius 3 is 2.12 bits per heavy atom. The van der Waals surface area contributed by atoms with Crippen LogP contribution in [-0.4, -0.2) is 21.8 Å². The van der Waals surface area contributed by atoms with Gasteiger partial charge in [0.2, 0.25) is 23.1 Å². The SMILES string of the molecule is N#Cc1ccc2c(c1)C(=O)C(O)=C(O)C2=O. The molecular weight excluding hydrogens is 210 g/mol. The van der Waals surface area contributed by atoms with Gasteiger partial charge in [-0.1, -0.05) is 0 Å². The van der Waals surface area contributed by atoms with E-state index in [-0.39, 0.29) is 16.7 Å². The van der Waals surface area contributed by atoms with Crippen LogP contribution in [-0.2, 0) is 0 Å². The fraction of sp³-hybridized carbons (Fsp3) is 0. The van der Waals surface area contributed by atoms with E-state index in [0.717, 1.165) is 0 Å². The molecule has 1 aromatic rings. The minimum Gasteiger partial charge on any atom is -0.501 e. The normalized spacial score (nSPS) is 14.7. The molecule has 0 saturated heterocycles. The second kappa shape index (κ2) is 3.21. The molecule has 0 aliphatic heterocycles. The van der Waals surface area contributed by atoms with E-state index >= 15 is 0 Å². The van der Waals surface area contributed by atoms with Crippen LogP contribution in [0, 0.1) is 11.3 Å². The first-order valence-corrected chi connectivity index (χ1v) is 4.32. The second-order valence-electron chi connectivity index (χ2n) is 3.23. The Bertz CT molecular complexity index is 592. The van der Waals surface area contributed by atoms with Crippen molar-refractivity contribution >= 4 is 11.6 Å². The molecule has 1 aliphatic rings. The average molecular weight is 215 g/mol. The highest BCUT2D eigenvalue weighted by atomic mass is 16.3. The lowest BCUT2D eigenvalue weighted by atomic mass is 9.91. The van der Waals surface area contributed by atoms with Crippen molar-refractivity contribution in [2.45, 2.75) is 0 Å². The monoisotopic (exact) mass is 215 g/mol. The van der Waals surface area contributed by atoms with Crippen LogP contribution < -0.4 is 0 Å². The van der Waals surface area contributed by atoms with Gasteiger partial charge >= 0.3 is 0 Å². The maximum Gasteiger partial charge on any atom is 0.232 e. The molecule has 5 nitrogen and oxygen atoms in total. The van der Waals surface area contributed by atoms with Gasteiger partial charge in [-0.2, -0.15) is 5.26 Å². The third kappa shape index (κ3) is 1.17. The number of rotatable bonds is 0. The number of nitrogens with zero attached hydrogens (tertiary/aromatic N) is 1. The summed E-state index contributed by atoms with van der Waals surface area (Å²) in [4.78, 5) is 23.0. The van der Waals surface area contributed by atoms with Crippen LogP contribution in [0.1, 0.15) is 26.3 Å². The van der Waals surface area contributed by atoms with Crippen molar-refractivity contribution in [3.63, 3.8) is 0 Å². The lowest BCUT2D eigenvalue weighted by Crippen LogP contribution is -2.21. The van der Waals surface area contributed by atoms with Crippen LogP contribution in [0.5, 0.6) is 0 Å². The number of aliphatic hydroxyl groups is 2. The number of aliphatic hydroxyl groups excluding tert-OH is 2. The molecule has 0 bridgehead atoms. The van der Waals surface area contributed by atoms with Crippen molar-refractivity contribution in [1.82, 2.24) is 0 Å². The number of nitriles is 1. The lowest BCUT2D eigenvalue weighted by Gasteiger charge is -2.13. The molecule has 5 heteroatoms. The van der Waals surface area contributed by atoms with Crippen molar-refractivity contribution in [2.75, 3.05) is 0 Å². The second-order valence-corrected chi connectivity index (χ2v) is 3.23. The Morgan fingerprint density at radius 1 is 1.00 bits per heavy atom. The quantitative estimate of drug-likeness (QED) is 0.678. The summed E-state index contributed by atoms with van der Waals surface area (Å²) in [6.45, 7) is 0. The molecule has 0 heterocycles. The largest absolute Gasteiger partial charge is 0.501 e. The number of ketones is 2. The van der Waals surface area contributed by atoms with E-state index in [1.165, 1.54) is 18.2 Å². The standard InChI is InChI=1S/C11H5NO4/c12-4-5-1-2-6-7(3-5)9(14)11(16)10(15)8(6)13/h1-3,15-16H. The zero-order valence-electron chi connectivity index (χ0n) is 7.89. The minimum atomic E-state index is -0.979. The number of carbonyl (C=O) groups excluding carboxylic acids is 2. The van der Waals surface area contributed by atoms with E-state index < -0.39 is 23.1 Å². The van der Waals surface area contributed by atoms with Gasteiger partial charge in [0.05, 0.1) is 11.6 Å². The highest BCUT2D eigenvalue weighted by Crippen LogP contribution is 2.24. The molecule has 0 atom stereocenters. The van der Waals surface area contributed by atoms with Gasteiger partial charge in [0, 0.05) is 11.1 Å². The number of benzene rings is 1. The number of hydrogen-bond donors (Lipinski definition) is 2. The number of hydrogen-bond acceptors (Lipinski definition) is 5. The Kier molecular flexibility index (Phi) is 1.99. The van der Waals surface area contributed by atoms with Gasteiger partial charge in [0.1, 0.15) is 0 Å². The van der Waals surface area contributed by atoms with Crippen LogP contribution in [0.4, 0.5) is 0 Å². The predicted octanol–water partition coefficient (Wildman–Crippen LogP) is 1.26. The zero-order valence-corrected chi connectivity index (χ0v) is 7.89. The highest BCUT2D eigenvalue weighted by molar-refractivity contribution is 6.25.